The van der Waals surface area contributed by atoms with Crippen molar-refractivity contribution in [2.45, 2.75) is 33.3 Å². The summed E-state index contributed by atoms with van der Waals surface area (Å²) in [6.45, 7) is 5.79. The number of aromatic nitrogens is 6. The Morgan fingerprint density at radius 3 is 2.61 bits per heavy atom. The largest absolute Gasteiger partial charge is 0.454 e. The highest BCUT2D eigenvalue weighted by atomic mass is 16.5. The topological polar surface area (TPSA) is 134 Å². The first-order valence-corrected chi connectivity index (χ1v) is 10.4. The van der Waals surface area contributed by atoms with Gasteiger partial charge in [-0.1, -0.05) is 37.6 Å². The zero-order valence-corrected chi connectivity index (χ0v) is 18.6. The highest BCUT2D eigenvalue weighted by molar-refractivity contribution is 5.90. The fourth-order valence-electron chi connectivity index (χ4n) is 3.26. The van der Waals surface area contributed by atoms with Gasteiger partial charge in [-0.15, -0.1) is 0 Å². The van der Waals surface area contributed by atoms with E-state index in [9.17, 15) is 4.79 Å². The maximum atomic E-state index is 12.9. The molecule has 0 unspecified atom stereocenters. The summed E-state index contributed by atoms with van der Waals surface area (Å²) < 4.78 is 7.13. The second-order valence-electron chi connectivity index (χ2n) is 7.70. The monoisotopic (exact) mass is 444 g/mol. The van der Waals surface area contributed by atoms with Gasteiger partial charge in [-0.3, -0.25) is 0 Å². The van der Waals surface area contributed by atoms with Gasteiger partial charge in [0.2, 0.25) is 11.9 Å². The van der Waals surface area contributed by atoms with Crippen LogP contribution in [-0.4, -0.2) is 35.7 Å². The van der Waals surface area contributed by atoms with Crippen LogP contribution >= 0.6 is 0 Å². The van der Waals surface area contributed by atoms with Crippen LogP contribution in [0.25, 0.3) is 5.82 Å². The number of nitrogens with zero attached hydrogens (tertiary/aromatic N) is 6. The van der Waals surface area contributed by atoms with E-state index in [1.165, 1.54) is 6.20 Å². The summed E-state index contributed by atoms with van der Waals surface area (Å²) in [7, 11) is 0. The summed E-state index contributed by atoms with van der Waals surface area (Å²) in [6.07, 6.45) is 3.16. The van der Waals surface area contributed by atoms with E-state index in [1.54, 1.807) is 10.9 Å². The normalized spacial score (nSPS) is 10.9. The van der Waals surface area contributed by atoms with E-state index >= 15 is 0 Å². The smallest absolute Gasteiger partial charge is 0.342 e. The molecular weight excluding hydrogens is 420 g/mol. The number of pyridine rings is 1. The molecule has 10 heteroatoms. The molecule has 0 amide bonds. The molecule has 0 aliphatic rings. The standard InChI is InChI=1S/C23H24N8O2/c1-14(2)20-17(12-26-31(20)19-6-4-5-11-25-19)21(32)33-13-18-28-22(24)30-23(29-18)27-16-9-7-15(3)8-10-16/h4-12,14H,13H2,1-3H3,(H3,24,27,28,29,30). The second-order valence-corrected chi connectivity index (χ2v) is 7.70. The summed E-state index contributed by atoms with van der Waals surface area (Å²) >= 11 is 0. The molecule has 4 aromatic rings. The van der Waals surface area contributed by atoms with Crippen molar-refractivity contribution in [3.05, 3.63) is 77.5 Å². The molecule has 0 spiro atoms. The molecule has 4 rings (SSSR count). The summed E-state index contributed by atoms with van der Waals surface area (Å²) in [5.41, 5.74) is 8.82. The number of benzene rings is 1. The van der Waals surface area contributed by atoms with Crippen molar-refractivity contribution in [1.29, 1.82) is 0 Å². The third-order valence-corrected chi connectivity index (χ3v) is 4.78. The summed E-state index contributed by atoms with van der Waals surface area (Å²) in [4.78, 5) is 29.7. The number of hydrogen-bond donors (Lipinski definition) is 2. The first-order chi connectivity index (χ1) is 15.9. The molecule has 1 aromatic carbocycles. The molecule has 0 saturated carbocycles. The predicted octanol–water partition coefficient (Wildman–Crippen LogP) is 3.57. The molecule has 0 aliphatic carbocycles. The van der Waals surface area contributed by atoms with Gasteiger partial charge in [0.1, 0.15) is 5.56 Å². The van der Waals surface area contributed by atoms with Gasteiger partial charge in [0.15, 0.2) is 18.2 Å². The Morgan fingerprint density at radius 2 is 1.91 bits per heavy atom. The summed E-state index contributed by atoms with van der Waals surface area (Å²) in [6, 6.07) is 13.2. The number of anilines is 3. The highest BCUT2D eigenvalue weighted by Gasteiger charge is 2.23. The summed E-state index contributed by atoms with van der Waals surface area (Å²) in [5.74, 6) is 0.619. The Hall–Kier alpha value is -4.34. The number of nitrogen functional groups attached to an aromatic ring is 1. The lowest BCUT2D eigenvalue weighted by molar-refractivity contribution is 0.0460. The van der Waals surface area contributed by atoms with E-state index in [0.29, 0.717) is 17.1 Å². The Kier molecular flexibility index (Phi) is 6.25. The first kappa shape index (κ1) is 21.9. The van der Waals surface area contributed by atoms with Crippen LogP contribution in [0.2, 0.25) is 0 Å². The van der Waals surface area contributed by atoms with Gasteiger partial charge in [0.25, 0.3) is 0 Å². The Morgan fingerprint density at radius 1 is 1.12 bits per heavy atom. The molecule has 0 saturated heterocycles. The number of carbonyl (C=O) groups is 1. The van der Waals surface area contributed by atoms with Crippen molar-refractivity contribution in [2.75, 3.05) is 11.1 Å². The number of esters is 1. The molecule has 0 fully saturated rings. The van der Waals surface area contributed by atoms with Gasteiger partial charge < -0.3 is 15.8 Å². The Labute approximate surface area is 190 Å². The molecule has 33 heavy (non-hydrogen) atoms. The predicted molar refractivity (Wildman–Crippen MR) is 123 cm³/mol. The zero-order valence-electron chi connectivity index (χ0n) is 18.6. The van der Waals surface area contributed by atoms with Gasteiger partial charge in [-0.25, -0.2) is 14.5 Å². The molecular formula is C23H24N8O2. The maximum Gasteiger partial charge on any atom is 0.342 e. The molecule has 0 aliphatic heterocycles. The Balaban J connectivity index is 1.51. The number of carbonyl (C=O) groups excluding carboxylic acids is 1. The molecule has 0 bridgehead atoms. The quantitative estimate of drug-likeness (QED) is 0.410. The van der Waals surface area contributed by atoms with Crippen LogP contribution in [-0.2, 0) is 11.3 Å². The fraction of sp³-hybridized carbons (Fsp3) is 0.217. The van der Waals surface area contributed by atoms with Crippen LogP contribution < -0.4 is 11.1 Å². The SMILES string of the molecule is Cc1ccc(Nc2nc(N)nc(COC(=O)c3cnn(-c4ccccn4)c3C(C)C)n2)cc1. The average Bonchev–Trinajstić information content (AvgIpc) is 3.25. The number of nitrogens with two attached hydrogens (primary N) is 1. The van der Waals surface area contributed by atoms with Crippen molar-refractivity contribution in [3.8, 4) is 5.82 Å². The summed E-state index contributed by atoms with van der Waals surface area (Å²) in [5, 5.41) is 7.42. The fourth-order valence-corrected chi connectivity index (χ4v) is 3.26. The van der Waals surface area contributed by atoms with Crippen molar-refractivity contribution in [2.24, 2.45) is 0 Å². The van der Waals surface area contributed by atoms with E-state index in [1.807, 2.05) is 63.2 Å². The number of nitrogens with one attached hydrogen (secondary N) is 1. The Bertz CT molecular complexity index is 1250. The minimum Gasteiger partial charge on any atom is -0.454 e. The highest BCUT2D eigenvalue weighted by Crippen LogP contribution is 2.23. The number of aryl methyl sites for hydroxylation is 1. The second kappa shape index (κ2) is 9.43. The van der Waals surface area contributed by atoms with Gasteiger partial charge in [-0.05, 0) is 37.1 Å². The minimum absolute atomic E-state index is 0.00943. The average molecular weight is 444 g/mol. The molecule has 3 heterocycles. The molecule has 0 atom stereocenters. The minimum atomic E-state index is -0.534. The van der Waals surface area contributed by atoms with Crippen LogP contribution in [0.15, 0.2) is 54.9 Å². The van der Waals surface area contributed by atoms with E-state index in [-0.39, 0.29) is 30.2 Å². The number of hydrogen-bond acceptors (Lipinski definition) is 9. The third-order valence-electron chi connectivity index (χ3n) is 4.78. The van der Waals surface area contributed by atoms with Crippen LogP contribution in [0.3, 0.4) is 0 Å². The van der Waals surface area contributed by atoms with E-state index in [2.05, 4.69) is 30.4 Å². The third kappa shape index (κ3) is 5.12. The van der Waals surface area contributed by atoms with Gasteiger partial charge in [0, 0.05) is 11.9 Å². The van der Waals surface area contributed by atoms with E-state index in [4.69, 9.17) is 10.5 Å². The van der Waals surface area contributed by atoms with Crippen LogP contribution in [0.4, 0.5) is 17.6 Å². The molecule has 168 valence electrons. The lowest BCUT2D eigenvalue weighted by Gasteiger charge is -2.12. The maximum absolute atomic E-state index is 12.9. The van der Waals surface area contributed by atoms with E-state index < -0.39 is 5.97 Å². The van der Waals surface area contributed by atoms with E-state index in [0.717, 1.165) is 11.3 Å². The van der Waals surface area contributed by atoms with Crippen molar-refractivity contribution < 1.29 is 9.53 Å². The first-order valence-electron chi connectivity index (χ1n) is 10.4. The van der Waals surface area contributed by atoms with Crippen molar-refractivity contribution in [1.82, 2.24) is 29.7 Å². The van der Waals surface area contributed by atoms with Crippen molar-refractivity contribution in [3.63, 3.8) is 0 Å². The molecule has 10 nitrogen and oxygen atoms in total. The molecule has 0 radical (unpaired) electrons. The zero-order chi connectivity index (χ0) is 23.4. The lowest BCUT2D eigenvalue weighted by Crippen LogP contribution is -2.13. The van der Waals surface area contributed by atoms with Gasteiger partial charge in [0.05, 0.1) is 11.9 Å². The van der Waals surface area contributed by atoms with Crippen LogP contribution in [0.5, 0.6) is 0 Å². The lowest BCUT2D eigenvalue weighted by atomic mass is 10.1. The number of ether oxygens (including phenoxy) is 1. The van der Waals surface area contributed by atoms with Gasteiger partial charge >= 0.3 is 5.97 Å². The molecule has 3 N–H and O–H groups in total. The number of rotatable bonds is 7. The molecule has 3 aromatic heterocycles. The van der Waals surface area contributed by atoms with Crippen LogP contribution in [0, 0.1) is 6.92 Å². The van der Waals surface area contributed by atoms with Crippen LogP contribution in [0.1, 0.15) is 47.2 Å². The van der Waals surface area contributed by atoms with Crippen molar-refractivity contribution >= 4 is 23.6 Å². The van der Waals surface area contributed by atoms with Gasteiger partial charge in [-0.2, -0.15) is 20.1 Å².